The normalized spacial score (nSPS) is 15.4. The van der Waals surface area contributed by atoms with Gasteiger partial charge in [-0.15, -0.1) is 0 Å². The summed E-state index contributed by atoms with van der Waals surface area (Å²) < 4.78 is 24.6. The van der Waals surface area contributed by atoms with Crippen LogP contribution >= 0.6 is 0 Å². The Balaban J connectivity index is 1.64. The molecular formula is C23H27FN2O4. The number of ether oxygens (including phenoxy) is 2. The highest BCUT2D eigenvalue weighted by Gasteiger charge is 2.23. The first-order chi connectivity index (χ1) is 14.4. The lowest BCUT2D eigenvalue weighted by Crippen LogP contribution is -2.40. The van der Waals surface area contributed by atoms with Gasteiger partial charge in [-0.3, -0.25) is 9.59 Å². The van der Waals surface area contributed by atoms with Gasteiger partial charge in [0.1, 0.15) is 11.9 Å². The largest absolute Gasteiger partial charge is 0.493 e. The van der Waals surface area contributed by atoms with Crippen molar-refractivity contribution in [2.45, 2.75) is 38.8 Å². The fraction of sp³-hybridized carbons (Fsp3) is 0.391. The third-order valence-electron chi connectivity index (χ3n) is 5.32. The van der Waals surface area contributed by atoms with Gasteiger partial charge in [-0.2, -0.15) is 0 Å². The Hall–Kier alpha value is -3.09. The van der Waals surface area contributed by atoms with Crippen LogP contribution in [0.2, 0.25) is 0 Å². The van der Waals surface area contributed by atoms with E-state index in [1.54, 1.807) is 37.3 Å². The van der Waals surface area contributed by atoms with Gasteiger partial charge in [-0.25, -0.2) is 4.39 Å². The van der Waals surface area contributed by atoms with E-state index in [2.05, 4.69) is 5.32 Å². The van der Waals surface area contributed by atoms with Crippen LogP contribution in [0.4, 0.5) is 4.39 Å². The number of carbonyl (C=O) groups is 2. The third kappa shape index (κ3) is 5.28. The summed E-state index contributed by atoms with van der Waals surface area (Å²) in [6.07, 6.45) is 1.49. The van der Waals surface area contributed by atoms with Gasteiger partial charge in [0, 0.05) is 38.4 Å². The van der Waals surface area contributed by atoms with Crippen LogP contribution in [0.3, 0.4) is 0 Å². The second-order valence-electron chi connectivity index (χ2n) is 7.44. The summed E-state index contributed by atoms with van der Waals surface area (Å²) in [7, 11) is 1.53. The van der Waals surface area contributed by atoms with E-state index in [1.165, 1.54) is 19.2 Å². The number of hydrogen-bond donors (Lipinski definition) is 1. The molecule has 1 heterocycles. The number of halogens is 1. The lowest BCUT2D eigenvalue weighted by Gasteiger charge is -2.31. The zero-order valence-corrected chi connectivity index (χ0v) is 17.5. The molecule has 1 aliphatic heterocycles. The SMILES string of the molecule is COc1cc(C(=O)N[C@H](C)c2ccc(F)cc2)ccc1OC1CCN(C(C)=O)CC1. The summed E-state index contributed by atoms with van der Waals surface area (Å²) >= 11 is 0. The van der Waals surface area contributed by atoms with E-state index < -0.39 is 0 Å². The van der Waals surface area contributed by atoms with Crippen LogP contribution in [0.5, 0.6) is 11.5 Å². The van der Waals surface area contributed by atoms with Crippen molar-refractivity contribution in [1.29, 1.82) is 0 Å². The number of methoxy groups -OCH3 is 1. The van der Waals surface area contributed by atoms with Gasteiger partial charge >= 0.3 is 0 Å². The molecule has 0 spiro atoms. The highest BCUT2D eigenvalue weighted by atomic mass is 19.1. The van der Waals surface area contributed by atoms with Crippen LogP contribution in [-0.2, 0) is 4.79 Å². The number of piperidine rings is 1. The molecule has 6 nitrogen and oxygen atoms in total. The minimum atomic E-state index is -0.315. The molecule has 2 aromatic rings. The molecule has 1 fully saturated rings. The Kier molecular flexibility index (Phi) is 6.92. The topological polar surface area (TPSA) is 67.9 Å². The zero-order valence-electron chi connectivity index (χ0n) is 17.5. The van der Waals surface area contributed by atoms with Crippen LogP contribution in [0.15, 0.2) is 42.5 Å². The number of amides is 2. The maximum Gasteiger partial charge on any atom is 0.251 e. The van der Waals surface area contributed by atoms with Crippen molar-refractivity contribution in [2.75, 3.05) is 20.2 Å². The van der Waals surface area contributed by atoms with Crippen molar-refractivity contribution in [3.8, 4) is 11.5 Å². The Bertz CT molecular complexity index is 893. The lowest BCUT2D eigenvalue weighted by molar-refractivity contribution is -0.130. The summed E-state index contributed by atoms with van der Waals surface area (Å²) in [6, 6.07) is 10.8. The summed E-state index contributed by atoms with van der Waals surface area (Å²) in [6.45, 7) is 4.76. The molecule has 30 heavy (non-hydrogen) atoms. The molecule has 1 N–H and O–H groups in total. The predicted molar refractivity (Wildman–Crippen MR) is 111 cm³/mol. The van der Waals surface area contributed by atoms with E-state index in [0.717, 1.165) is 18.4 Å². The molecular weight excluding hydrogens is 387 g/mol. The van der Waals surface area contributed by atoms with E-state index >= 15 is 0 Å². The minimum Gasteiger partial charge on any atom is -0.493 e. The highest BCUT2D eigenvalue weighted by molar-refractivity contribution is 5.95. The number of benzene rings is 2. The molecule has 0 bridgehead atoms. The van der Waals surface area contributed by atoms with Crippen LogP contribution < -0.4 is 14.8 Å². The van der Waals surface area contributed by atoms with Gasteiger partial charge in [0.25, 0.3) is 5.91 Å². The Morgan fingerprint density at radius 2 is 1.77 bits per heavy atom. The van der Waals surface area contributed by atoms with E-state index in [4.69, 9.17) is 9.47 Å². The standard InChI is InChI=1S/C23H27FN2O4/c1-15(17-4-7-19(24)8-5-17)25-23(28)18-6-9-21(22(14-18)29-3)30-20-10-12-26(13-11-20)16(2)27/h4-9,14-15,20H,10-13H2,1-3H3,(H,25,28)/t15-/m1/s1. The van der Waals surface area contributed by atoms with Gasteiger partial charge in [0.05, 0.1) is 13.2 Å². The number of nitrogens with one attached hydrogen (secondary N) is 1. The van der Waals surface area contributed by atoms with Gasteiger partial charge in [0.15, 0.2) is 11.5 Å². The number of rotatable bonds is 6. The first kappa shape index (κ1) is 21.6. The number of hydrogen-bond acceptors (Lipinski definition) is 4. The molecule has 0 saturated carbocycles. The second kappa shape index (κ2) is 9.61. The molecule has 2 aromatic carbocycles. The average Bonchev–Trinajstić information content (AvgIpc) is 2.74. The Labute approximate surface area is 176 Å². The fourth-order valence-corrected chi connectivity index (χ4v) is 3.49. The van der Waals surface area contributed by atoms with Crippen molar-refractivity contribution in [3.63, 3.8) is 0 Å². The van der Waals surface area contributed by atoms with E-state index in [-0.39, 0.29) is 29.8 Å². The van der Waals surface area contributed by atoms with Crippen LogP contribution in [0, 0.1) is 5.82 Å². The van der Waals surface area contributed by atoms with E-state index in [0.29, 0.717) is 30.2 Å². The van der Waals surface area contributed by atoms with E-state index in [9.17, 15) is 14.0 Å². The molecule has 2 amide bonds. The smallest absolute Gasteiger partial charge is 0.251 e. The molecule has 3 rings (SSSR count). The molecule has 0 aromatic heterocycles. The van der Waals surface area contributed by atoms with Crippen molar-refractivity contribution in [3.05, 3.63) is 59.4 Å². The van der Waals surface area contributed by atoms with Gasteiger partial charge in [0.2, 0.25) is 5.91 Å². The maximum atomic E-state index is 13.1. The molecule has 0 radical (unpaired) electrons. The van der Waals surface area contributed by atoms with Crippen molar-refractivity contribution in [2.24, 2.45) is 0 Å². The number of carbonyl (C=O) groups excluding carboxylic acids is 2. The molecule has 160 valence electrons. The van der Waals surface area contributed by atoms with Gasteiger partial charge < -0.3 is 19.7 Å². The molecule has 0 aliphatic carbocycles. The van der Waals surface area contributed by atoms with Crippen molar-refractivity contribution < 1.29 is 23.5 Å². The number of nitrogens with zero attached hydrogens (tertiary/aromatic N) is 1. The summed E-state index contributed by atoms with van der Waals surface area (Å²) in [5.41, 5.74) is 1.26. The summed E-state index contributed by atoms with van der Waals surface area (Å²) in [5.74, 6) is 0.556. The van der Waals surface area contributed by atoms with E-state index in [1.807, 2.05) is 11.8 Å². The predicted octanol–water partition coefficient (Wildman–Crippen LogP) is 3.72. The monoisotopic (exact) mass is 414 g/mol. The molecule has 1 saturated heterocycles. The lowest BCUT2D eigenvalue weighted by atomic mass is 10.1. The Morgan fingerprint density at radius 1 is 1.10 bits per heavy atom. The maximum absolute atomic E-state index is 13.1. The van der Waals surface area contributed by atoms with Crippen LogP contribution in [-0.4, -0.2) is 43.0 Å². The minimum absolute atomic E-state index is 0.00678. The van der Waals surface area contributed by atoms with Crippen LogP contribution in [0.1, 0.15) is 48.7 Å². The Morgan fingerprint density at radius 3 is 2.37 bits per heavy atom. The van der Waals surface area contributed by atoms with Crippen LogP contribution in [0.25, 0.3) is 0 Å². The van der Waals surface area contributed by atoms with Crippen molar-refractivity contribution >= 4 is 11.8 Å². The second-order valence-corrected chi connectivity index (χ2v) is 7.44. The van der Waals surface area contributed by atoms with Gasteiger partial charge in [-0.05, 0) is 42.8 Å². The molecule has 1 aliphatic rings. The van der Waals surface area contributed by atoms with Crippen molar-refractivity contribution in [1.82, 2.24) is 10.2 Å². The average molecular weight is 414 g/mol. The fourth-order valence-electron chi connectivity index (χ4n) is 3.49. The zero-order chi connectivity index (χ0) is 21.7. The summed E-state index contributed by atoms with van der Waals surface area (Å²) in [5, 5.41) is 2.90. The first-order valence-corrected chi connectivity index (χ1v) is 10.0. The molecule has 1 atom stereocenters. The third-order valence-corrected chi connectivity index (χ3v) is 5.32. The number of likely N-dealkylation sites (tertiary alicyclic amines) is 1. The highest BCUT2D eigenvalue weighted by Crippen LogP contribution is 2.31. The van der Waals surface area contributed by atoms with Gasteiger partial charge in [-0.1, -0.05) is 12.1 Å². The first-order valence-electron chi connectivity index (χ1n) is 10.0. The molecule has 0 unspecified atom stereocenters. The quantitative estimate of drug-likeness (QED) is 0.782. The summed E-state index contributed by atoms with van der Waals surface area (Å²) in [4.78, 5) is 25.9. The molecule has 7 heteroatoms.